The molecule has 5 nitrogen and oxygen atoms in total. The SMILES string of the molecule is CC.Cc1ccc(Cn2cc(NC(=O)/C(N)=C/C=C\N)c3ccccc32)cc1. The molecule has 1 aromatic heterocycles. The number of nitrogens with two attached hydrogens (primary N) is 2. The lowest BCUT2D eigenvalue weighted by Gasteiger charge is -2.06. The van der Waals surface area contributed by atoms with E-state index in [2.05, 4.69) is 41.1 Å². The number of carbonyl (C=O) groups is 1. The van der Waals surface area contributed by atoms with Crippen molar-refractivity contribution in [3.8, 4) is 0 Å². The van der Waals surface area contributed by atoms with Crippen molar-refractivity contribution in [1.82, 2.24) is 4.57 Å². The molecule has 0 atom stereocenters. The van der Waals surface area contributed by atoms with Gasteiger partial charge in [-0.1, -0.05) is 61.9 Å². The Kier molecular flexibility index (Phi) is 7.45. The van der Waals surface area contributed by atoms with E-state index in [1.54, 1.807) is 0 Å². The fourth-order valence-electron chi connectivity index (χ4n) is 2.80. The van der Waals surface area contributed by atoms with Crippen LogP contribution in [0.4, 0.5) is 5.69 Å². The van der Waals surface area contributed by atoms with Gasteiger partial charge in [0.2, 0.25) is 0 Å². The molecule has 0 saturated carbocycles. The molecule has 0 fully saturated rings. The van der Waals surface area contributed by atoms with Gasteiger partial charge in [0.05, 0.1) is 16.9 Å². The smallest absolute Gasteiger partial charge is 0.271 e. The first-order valence-corrected chi connectivity index (χ1v) is 9.37. The molecular formula is C23H28N4O. The van der Waals surface area contributed by atoms with Gasteiger partial charge in [-0.2, -0.15) is 0 Å². The second kappa shape index (κ2) is 10.0. The third-order valence-corrected chi connectivity index (χ3v) is 4.16. The highest BCUT2D eigenvalue weighted by Gasteiger charge is 2.12. The highest BCUT2D eigenvalue weighted by molar-refractivity contribution is 6.08. The average molecular weight is 377 g/mol. The minimum absolute atomic E-state index is 0.0991. The Bertz CT molecular complexity index is 982. The first-order chi connectivity index (χ1) is 13.6. The van der Waals surface area contributed by atoms with Crippen molar-refractivity contribution < 1.29 is 4.79 Å². The van der Waals surface area contributed by atoms with E-state index in [1.807, 2.05) is 44.3 Å². The fourth-order valence-corrected chi connectivity index (χ4v) is 2.80. The van der Waals surface area contributed by atoms with Gasteiger partial charge in [0.1, 0.15) is 0 Å². The number of allylic oxidation sites excluding steroid dienone is 2. The van der Waals surface area contributed by atoms with E-state index in [4.69, 9.17) is 11.5 Å². The number of para-hydroxylation sites is 1. The number of fused-ring (bicyclic) bond motifs is 1. The number of anilines is 1. The van der Waals surface area contributed by atoms with Gasteiger partial charge in [-0.05, 0) is 36.9 Å². The van der Waals surface area contributed by atoms with Crippen LogP contribution in [-0.2, 0) is 11.3 Å². The standard InChI is InChI=1S/C21H22N4O.C2H6/c1-15-8-10-16(11-9-15)13-25-14-19(17-5-2-3-7-20(17)25)24-21(26)18(23)6-4-12-22;1-2/h2-12,14H,13,22-23H2,1H3,(H,24,26);1-2H3/b12-4-,18-6-;. The molecule has 0 aliphatic heterocycles. The summed E-state index contributed by atoms with van der Waals surface area (Å²) >= 11 is 0. The maximum absolute atomic E-state index is 12.3. The van der Waals surface area contributed by atoms with Gasteiger partial charge in [0, 0.05) is 18.1 Å². The molecular weight excluding hydrogens is 348 g/mol. The molecule has 0 spiro atoms. The van der Waals surface area contributed by atoms with E-state index in [-0.39, 0.29) is 11.6 Å². The predicted octanol–water partition coefficient (Wildman–Crippen LogP) is 4.28. The van der Waals surface area contributed by atoms with Crippen molar-refractivity contribution in [3.05, 3.63) is 89.9 Å². The van der Waals surface area contributed by atoms with Crippen LogP contribution in [0.3, 0.4) is 0 Å². The summed E-state index contributed by atoms with van der Waals surface area (Å²) in [5, 5.41) is 3.85. The van der Waals surface area contributed by atoms with Crippen LogP contribution in [0.5, 0.6) is 0 Å². The van der Waals surface area contributed by atoms with Crippen molar-refractivity contribution in [2.75, 3.05) is 5.32 Å². The molecule has 1 heterocycles. The van der Waals surface area contributed by atoms with Crippen LogP contribution in [0.15, 0.2) is 78.8 Å². The summed E-state index contributed by atoms with van der Waals surface area (Å²) in [6, 6.07) is 16.4. The number of carbonyl (C=O) groups excluding carboxylic acids is 1. The fraction of sp³-hybridized carbons (Fsp3) is 0.174. The molecule has 5 heteroatoms. The van der Waals surface area contributed by atoms with Crippen LogP contribution >= 0.6 is 0 Å². The van der Waals surface area contributed by atoms with Gasteiger partial charge in [0.25, 0.3) is 5.91 Å². The summed E-state index contributed by atoms with van der Waals surface area (Å²) in [5.74, 6) is -0.360. The zero-order valence-corrected chi connectivity index (χ0v) is 16.6. The molecule has 0 radical (unpaired) electrons. The van der Waals surface area contributed by atoms with Crippen molar-refractivity contribution >= 4 is 22.5 Å². The minimum atomic E-state index is -0.360. The Morgan fingerprint density at radius 2 is 1.79 bits per heavy atom. The van der Waals surface area contributed by atoms with Crippen LogP contribution in [0, 0.1) is 6.92 Å². The van der Waals surface area contributed by atoms with Crippen LogP contribution < -0.4 is 16.8 Å². The molecule has 146 valence electrons. The molecule has 3 aromatic rings. The first-order valence-electron chi connectivity index (χ1n) is 9.37. The molecule has 0 unspecified atom stereocenters. The van der Waals surface area contributed by atoms with Gasteiger partial charge in [-0.15, -0.1) is 0 Å². The van der Waals surface area contributed by atoms with Crippen molar-refractivity contribution in [3.63, 3.8) is 0 Å². The topological polar surface area (TPSA) is 86.1 Å². The predicted molar refractivity (Wildman–Crippen MR) is 118 cm³/mol. The number of aryl methyl sites for hydroxylation is 1. The summed E-state index contributed by atoms with van der Waals surface area (Å²) < 4.78 is 2.12. The zero-order chi connectivity index (χ0) is 20.5. The number of nitrogens with zero attached hydrogens (tertiary/aromatic N) is 1. The lowest BCUT2D eigenvalue weighted by molar-refractivity contribution is -0.112. The van der Waals surface area contributed by atoms with Crippen molar-refractivity contribution in [2.45, 2.75) is 27.3 Å². The number of hydrogen-bond acceptors (Lipinski definition) is 3. The number of nitrogens with one attached hydrogen (secondary N) is 1. The van der Waals surface area contributed by atoms with Crippen LogP contribution in [0.1, 0.15) is 25.0 Å². The van der Waals surface area contributed by atoms with Gasteiger partial charge < -0.3 is 21.4 Å². The number of amides is 1. The van der Waals surface area contributed by atoms with Crippen molar-refractivity contribution in [1.29, 1.82) is 0 Å². The molecule has 1 amide bonds. The summed E-state index contributed by atoms with van der Waals surface area (Å²) in [6.07, 6.45) is 6.26. The Labute approximate surface area is 166 Å². The van der Waals surface area contributed by atoms with Crippen LogP contribution in [0.25, 0.3) is 10.9 Å². The summed E-state index contributed by atoms with van der Waals surface area (Å²) in [5.41, 5.74) is 15.4. The molecule has 0 bridgehead atoms. The Balaban J connectivity index is 0.00000136. The Morgan fingerprint density at radius 1 is 1.11 bits per heavy atom. The van der Waals surface area contributed by atoms with Gasteiger partial charge in [-0.25, -0.2) is 0 Å². The van der Waals surface area contributed by atoms with E-state index in [0.29, 0.717) is 0 Å². The maximum Gasteiger partial charge on any atom is 0.271 e. The van der Waals surface area contributed by atoms with E-state index in [0.717, 1.165) is 23.1 Å². The van der Waals surface area contributed by atoms with Crippen molar-refractivity contribution in [2.24, 2.45) is 11.5 Å². The van der Waals surface area contributed by atoms with E-state index in [1.165, 1.54) is 29.5 Å². The Morgan fingerprint density at radius 3 is 2.46 bits per heavy atom. The molecule has 0 saturated heterocycles. The monoisotopic (exact) mass is 376 g/mol. The summed E-state index contributed by atoms with van der Waals surface area (Å²) in [4.78, 5) is 12.3. The highest BCUT2D eigenvalue weighted by Crippen LogP contribution is 2.27. The summed E-state index contributed by atoms with van der Waals surface area (Å²) in [7, 11) is 0. The van der Waals surface area contributed by atoms with Crippen LogP contribution in [0.2, 0.25) is 0 Å². The largest absolute Gasteiger partial charge is 0.405 e. The van der Waals surface area contributed by atoms with E-state index in [9.17, 15) is 4.79 Å². The number of hydrogen-bond donors (Lipinski definition) is 3. The van der Waals surface area contributed by atoms with Gasteiger partial charge >= 0.3 is 0 Å². The molecule has 0 aliphatic rings. The molecule has 28 heavy (non-hydrogen) atoms. The average Bonchev–Trinajstić information content (AvgIpc) is 3.06. The second-order valence-corrected chi connectivity index (χ2v) is 6.13. The third-order valence-electron chi connectivity index (χ3n) is 4.16. The lowest BCUT2D eigenvalue weighted by atomic mass is 10.1. The molecule has 2 aromatic carbocycles. The number of aromatic nitrogens is 1. The van der Waals surface area contributed by atoms with E-state index >= 15 is 0 Å². The quantitative estimate of drug-likeness (QED) is 0.459. The lowest BCUT2D eigenvalue weighted by Crippen LogP contribution is -2.19. The maximum atomic E-state index is 12.3. The Hall–Kier alpha value is -3.47. The van der Waals surface area contributed by atoms with Gasteiger partial charge in [0.15, 0.2) is 0 Å². The molecule has 5 N–H and O–H groups in total. The number of rotatable bonds is 5. The van der Waals surface area contributed by atoms with E-state index < -0.39 is 0 Å². The van der Waals surface area contributed by atoms with Crippen LogP contribution in [-0.4, -0.2) is 10.5 Å². The highest BCUT2D eigenvalue weighted by atomic mass is 16.2. The first kappa shape index (κ1) is 20.8. The molecule has 0 aliphatic carbocycles. The normalized spacial score (nSPS) is 11.3. The minimum Gasteiger partial charge on any atom is -0.405 e. The zero-order valence-electron chi connectivity index (χ0n) is 16.6. The second-order valence-electron chi connectivity index (χ2n) is 6.13. The molecule has 3 rings (SSSR count). The number of benzene rings is 2. The summed E-state index contributed by atoms with van der Waals surface area (Å²) in [6.45, 7) is 6.79. The third kappa shape index (κ3) is 5.04. The van der Waals surface area contributed by atoms with Gasteiger partial charge in [-0.3, -0.25) is 4.79 Å².